The summed E-state index contributed by atoms with van der Waals surface area (Å²) in [6.45, 7) is 0.302. The standard InChI is InChI=1S/C19H19N3O4/c1-24-15-9-14(10-16(11-15)25-2)22-19(23)21-12-13-5-3-7-20-18(13)17-6-4-8-26-17/h3-11H,12H2,1-2H3,(H2,21,22,23). The molecule has 3 rings (SSSR count). The molecule has 2 amide bonds. The monoisotopic (exact) mass is 353 g/mol. The normalized spacial score (nSPS) is 10.2. The van der Waals surface area contributed by atoms with Crippen LogP contribution in [-0.2, 0) is 6.54 Å². The molecular formula is C19H19N3O4. The van der Waals surface area contributed by atoms with Crippen LogP contribution in [-0.4, -0.2) is 25.2 Å². The summed E-state index contributed by atoms with van der Waals surface area (Å²) in [6.07, 6.45) is 3.27. The van der Waals surface area contributed by atoms with Gasteiger partial charge in [0.25, 0.3) is 0 Å². The van der Waals surface area contributed by atoms with Gasteiger partial charge in [0.05, 0.1) is 20.5 Å². The maximum absolute atomic E-state index is 12.2. The second-order valence-corrected chi connectivity index (χ2v) is 5.40. The van der Waals surface area contributed by atoms with Gasteiger partial charge in [0.15, 0.2) is 5.76 Å². The van der Waals surface area contributed by atoms with E-state index < -0.39 is 0 Å². The van der Waals surface area contributed by atoms with E-state index in [4.69, 9.17) is 13.9 Å². The number of furan rings is 1. The third kappa shape index (κ3) is 4.13. The Morgan fingerprint density at radius 2 is 1.88 bits per heavy atom. The summed E-state index contributed by atoms with van der Waals surface area (Å²) in [5.74, 6) is 1.83. The van der Waals surface area contributed by atoms with Gasteiger partial charge in [0.1, 0.15) is 17.2 Å². The Morgan fingerprint density at radius 3 is 2.54 bits per heavy atom. The Hall–Kier alpha value is -3.48. The third-order valence-corrected chi connectivity index (χ3v) is 3.69. The number of amides is 2. The molecule has 134 valence electrons. The lowest BCUT2D eigenvalue weighted by molar-refractivity contribution is 0.251. The highest BCUT2D eigenvalue weighted by molar-refractivity contribution is 5.89. The number of anilines is 1. The number of pyridine rings is 1. The molecule has 7 nitrogen and oxygen atoms in total. The molecule has 0 saturated carbocycles. The zero-order valence-electron chi connectivity index (χ0n) is 14.5. The second-order valence-electron chi connectivity index (χ2n) is 5.40. The Morgan fingerprint density at radius 1 is 1.12 bits per heavy atom. The third-order valence-electron chi connectivity index (χ3n) is 3.69. The van der Waals surface area contributed by atoms with Crippen LogP contribution in [0.15, 0.2) is 59.3 Å². The SMILES string of the molecule is COc1cc(NC(=O)NCc2cccnc2-c2ccco2)cc(OC)c1. The fraction of sp³-hybridized carbons (Fsp3) is 0.158. The number of urea groups is 1. The Balaban J connectivity index is 1.67. The van der Waals surface area contributed by atoms with Crippen LogP contribution in [0.4, 0.5) is 10.5 Å². The van der Waals surface area contributed by atoms with E-state index in [1.54, 1.807) is 50.9 Å². The summed E-state index contributed by atoms with van der Waals surface area (Å²) in [7, 11) is 3.11. The van der Waals surface area contributed by atoms with Crippen LogP contribution >= 0.6 is 0 Å². The quantitative estimate of drug-likeness (QED) is 0.706. The lowest BCUT2D eigenvalue weighted by Gasteiger charge is -2.12. The number of nitrogens with zero attached hydrogens (tertiary/aromatic N) is 1. The van der Waals surface area contributed by atoms with E-state index in [0.717, 1.165) is 5.56 Å². The van der Waals surface area contributed by atoms with Crippen molar-refractivity contribution < 1.29 is 18.7 Å². The van der Waals surface area contributed by atoms with Gasteiger partial charge in [-0.1, -0.05) is 6.07 Å². The van der Waals surface area contributed by atoms with Crippen molar-refractivity contribution in [2.24, 2.45) is 0 Å². The fourth-order valence-corrected chi connectivity index (χ4v) is 2.45. The molecule has 0 aliphatic heterocycles. The van der Waals surface area contributed by atoms with E-state index in [2.05, 4.69) is 15.6 Å². The molecule has 2 heterocycles. The van der Waals surface area contributed by atoms with Crippen molar-refractivity contribution in [1.82, 2.24) is 10.3 Å². The molecule has 0 aliphatic carbocycles. The number of aromatic nitrogens is 1. The van der Waals surface area contributed by atoms with Crippen LogP contribution in [0.1, 0.15) is 5.56 Å². The van der Waals surface area contributed by atoms with Gasteiger partial charge >= 0.3 is 6.03 Å². The van der Waals surface area contributed by atoms with Crippen molar-refractivity contribution in [2.75, 3.05) is 19.5 Å². The highest BCUT2D eigenvalue weighted by Gasteiger charge is 2.11. The van der Waals surface area contributed by atoms with Gasteiger partial charge in [0.2, 0.25) is 0 Å². The lowest BCUT2D eigenvalue weighted by Crippen LogP contribution is -2.28. The number of nitrogens with one attached hydrogen (secondary N) is 2. The minimum Gasteiger partial charge on any atom is -0.497 e. The summed E-state index contributed by atoms with van der Waals surface area (Å²) >= 11 is 0. The van der Waals surface area contributed by atoms with E-state index in [1.807, 2.05) is 18.2 Å². The molecule has 0 atom stereocenters. The molecule has 0 saturated heterocycles. The van der Waals surface area contributed by atoms with E-state index in [9.17, 15) is 4.79 Å². The number of methoxy groups -OCH3 is 2. The van der Waals surface area contributed by atoms with Gasteiger partial charge in [0, 0.05) is 42.2 Å². The molecule has 0 unspecified atom stereocenters. The van der Waals surface area contributed by atoms with Crippen LogP contribution in [0.25, 0.3) is 11.5 Å². The number of benzene rings is 1. The molecule has 2 N–H and O–H groups in total. The predicted molar refractivity (Wildman–Crippen MR) is 97.3 cm³/mol. The molecule has 26 heavy (non-hydrogen) atoms. The topological polar surface area (TPSA) is 85.6 Å². The molecule has 0 radical (unpaired) electrons. The summed E-state index contributed by atoms with van der Waals surface area (Å²) in [4.78, 5) is 16.6. The molecule has 0 aliphatic rings. The van der Waals surface area contributed by atoms with Gasteiger partial charge in [-0.05, 0) is 18.2 Å². The van der Waals surface area contributed by atoms with Crippen LogP contribution in [0, 0.1) is 0 Å². The van der Waals surface area contributed by atoms with Crippen molar-refractivity contribution in [1.29, 1.82) is 0 Å². The second kappa shape index (κ2) is 8.06. The average Bonchev–Trinajstić information content (AvgIpc) is 3.20. The van der Waals surface area contributed by atoms with Crippen LogP contribution in [0.3, 0.4) is 0 Å². The van der Waals surface area contributed by atoms with E-state index in [0.29, 0.717) is 35.2 Å². The Bertz CT molecular complexity index is 856. The number of ether oxygens (including phenoxy) is 2. The maximum atomic E-state index is 12.2. The van der Waals surface area contributed by atoms with E-state index >= 15 is 0 Å². The zero-order chi connectivity index (χ0) is 18.4. The van der Waals surface area contributed by atoms with Gasteiger partial charge in [-0.3, -0.25) is 4.98 Å². The van der Waals surface area contributed by atoms with Gasteiger partial charge in [-0.2, -0.15) is 0 Å². The van der Waals surface area contributed by atoms with Crippen LogP contribution in [0.5, 0.6) is 11.5 Å². The number of carbonyl (C=O) groups is 1. The Kier molecular flexibility index (Phi) is 5.38. The molecule has 7 heteroatoms. The maximum Gasteiger partial charge on any atom is 0.319 e. The van der Waals surface area contributed by atoms with Crippen LogP contribution < -0.4 is 20.1 Å². The molecule has 3 aromatic rings. The Labute approximate surface area is 151 Å². The molecule has 1 aromatic carbocycles. The predicted octanol–water partition coefficient (Wildman–Crippen LogP) is 3.68. The van der Waals surface area contributed by atoms with Gasteiger partial charge in [-0.15, -0.1) is 0 Å². The summed E-state index contributed by atoms with van der Waals surface area (Å²) < 4.78 is 15.8. The number of carbonyl (C=O) groups excluding carboxylic acids is 1. The van der Waals surface area contributed by atoms with Crippen LogP contribution in [0.2, 0.25) is 0 Å². The van der Waals surface area contributed by atoms with Gasteiger partial charge in [-0.25, -0.2) is 4.79 Å². The molecular weight excluding hydrogens is 334 g/mol. The summed E-state index contributed by atoms with van der Waals surface area (Å²) in [5.41, 5.74) is 2.11. The first-order valence-corrected chi connectivity index (χ1v) is 7.95. The van der Waals surface area contributed by atoms with Crippen molar-refractivity contribution >= 4 is 11.7 Å². The average molecular weight is 353 g/mol. The minimum atomic E-state index is -0.352. The lowest BCUT2D eigenvalue weighted by atomic mass is 10.1. The van der Waals surface area contributed by atoms with Crippen molar-refractivity contribution in [3.8, 4) is 23.0 Å². The highest BCUT2D eigenvalue weighted by Crippen LogP contribution is 2.26. The van der Waals surface area contributed by atoms with Crippen molar-refractivity contribution in [3.63, 3.8) is 0 Å². The number of hydrogen-bond donors (Lipinski definition) is 2. The molecule has 0 spiro atoms. The van der Waals surface area contributed by atoms with Crippen molar-refractivity contribution in [2.45, 2.75) is 6.54 Å². The fourth-order valence-electron chi connectivity index (χ4n) is 2.45. The molecule has 0 bridgehead atoms. The van der Waals surface area contributed by atoms with E-state index in [1.165, 1.54) is 0 Å². The number of hydrogen-bond acceptors (Lipinski definition) is 5. The zero-order valence-corrected chi connectivity index (χ0v) is 14.5. The number of rotatable bonds is 6. The van der Waals surface area contributed by atoms with E-state index in [-0.39, 0.29) is 6.03 Å². The first kappa shape index (κ1) is 17.3. The van der Waals surface area contributed by atoms with Gasteiger partial charge < -0.3 is 24.5 Å². The largest absolute Gasteiger partial charge is 0.497 e. The summed E-state index contributed by atoms with van der Waals surface area (Å²) in [5, 5.41) is 5.57. The first-order valence-electron chi connectivity index (χ1n) is 7.95. The minimum absolute atomic E-state index is 0.302. The molecule has 0 fully saturated rings. The smallest absolute Gasteiger partial charge is 0.319 e. The summed E-state index contributed by atoms with van der Waals surface area (Å²) in [6, 6.07) is 12.1. The van der Waals surface area contributed by atoms with Crippen molar-refractivity contribution in [3.05, 3.63) is 60.5 Å². The first-order chi connectivity index (χ1) is 12.7. The molecule has 2 aromatic heterocycles. The highest BCUT2D eigenvalue weighted by atomic mass is 16.5.